The Hall–Kier alpha value is -3.07. The summed E-state index contributed by atoms with van der Waals surface area (Å²) in [4.78, 5) is 14.5. The van der Waals surface area contributed by atoms with Crippen LogP contribution in [0.5, 0.6) is 0 Å². The largest absolute Gasteiger partial charge is 2.00 e. The third-order valence-electron chi connectivity index (χ3n) is 3.54. The topological polar surface area (TPSA) is 120 Å². The first-order valence-electron chi connectivity index (χ1n) is 8.79. The molecule has 30 heavy (non-hydrogen) atoms. The summed E-state index contributed by atoms with van der Waals surface area (Å²) in [7, 11) is -0.194. The van der Waals surface area contributed by atoms with E-state index in [1.54, 1.807) is 44.8 Å². The molecule has 0 fully saturated rings. The maximum Gasteiger partial charge on any atom is 2.00 e. The molecule has 1 aliphatic rings. The van der Waals surface area contributed by atoms with Gasteiger partial charge < -0.3 is 34.2 Å². The number of rotatable bonds is 3. The van der Waals surface area contributed by atoms with Gasteiger partial charge in [0.05, 0.1) is 0 Å². The Balaban J connectivity index is 0.000000266. The number of allylic oxidation sites excluding steroid dienone is 2. The normalized spacial score (nSPS) is 11.6. The molecule has 4 aromatic heterocycles. The van der Waals surface area contributed by atoms with Gasteiger partial charge in [-0.15, -0.1) is 0 Å². The number of nitroso groups, excluding NO2 is 1. The van der Waals surface area contributed by atoms with Crippen LogP contribution in [0.2, 0.25) is 0 Å². The predicted molar refractivity (Wildman–Crippen MR) is 110 cm³/mol. The summed E-state index contributed by atoms with van der Waals surface area (Å²) in [6.07, 6.45) is 26.6. The van der Waals surface area contributed by atoms with E-state index in [0.29, 0.717) is 0 Å². The summed E-state index contributed by atoms with van der Waals surface area (Å²) >= 11 is 0. The van der Waals surface area contributed by atoms with Crippen molar-refractivity contribution in [3.8, 4) is 0 Å². The number of hydrogen-bond donors (Lipinski definition) is 0. The predicted octanol–water partition coefficient (Wildman–Crippen LogP) is 2.31. The zero-order valence-corrected chi connectivity index (χ0v) is 18.1. The van der Waals surface area contributed by atoms with Gasteiger partial charge in [-0.25, -0.2) is 15.3 Å². The fourth-order valence-electron chi connectivity index (χ4n) is 2.35. The van der Waals surface area contributed by atoms with Crippen LogP contribution in [0.25, 0.3) is 5.59 Å². The average molecular weight is 485 g/mol. The molecule has 4 aromatic rings. The fourth-order valence-corrected chi connectivity index (χ4v) is 2.35. The van der Waals surface area contributed by atoms with E-state index in [9.17, 15) is 0 Å². The van der Waals surface area contributed by atoms with Gasteiger partial charge >= 0.3 is 21.1 Å². The van der Waals surface area contributed by atoms with Crippen LogP contribution in [0.4, 0.5) is 0 Å². The SMILES string of the molecule is [CH]1[CH]CCC=C1.[Mo+2].[N-]=O.c1c[n-]cn1.c1cnn([B-](n2cccn2)n2cccn2)c1. The maximum atomic E-state index is 7.25. The minimum Gasteiger partial charge on any atom is -0.577 e. The molecule has 3 radical (unpaired) electrons. The zero-order chi connectivity index (χ0) is 20.6. The van der Waals surface area contributed by atoms with Gasteiger partial charge in [0.2, 0.25) is 0 Å². The van der Waals surface area contributed by atoms with E-state index in [1.807, 2.05) is 36.8 Å². The molecule has 1 aliphatic carbocycles. The van der Waals surface area contributed by atoms with Crippen molar-refractivity contribution in [3.63, 3.8) is 0 Å². The standard InChI is InChI=1S/C9H9BN6.C6H8.C3H3N2.Mo.NO/c1-4-11-14(7-1)10(15-8-2-5-12-15)16-9-3-6-13-16;1-2-4-6-5-3-1;1-2-5-3-4-1;;1-2/h1-9H;1-4H,5-6H2;1-3H;;/q-1;;-1;+2;-1. The minimum atomic E-state index is -0.194. The number of imidazole rings is 1. The average Bonchev–Trinajstić information content (AvgIpc) is 3.62. The molecule has 0 saturated heterocycles. The van der Waals surface area contributed by atoms with Crippen molar-refractivity contribution in [2.24, 2.45) is 0 Å². The monoisotopic (exact) mass is 487 g/mol. The molecule has 0 amide bonds. The van der Waals surface area contributed by atoms with Crippen LogP contribution >= 0.6 is 0 Å². The summed E-state index contributed by atoms with van der Waals surface area (Å²) in [5, 5.41) is 12.7. The van der Waals surface area contributed by atoms with Crippen molar-refractivity contribution >= 4 is 7.12 Å². The molecular weight excluding hydrogens is 465 g/mol. The Morgan fingerprint density at radius 3 is 1.60 bits per heavy atom. The quantitative estimate of drug-likeness (QED) is 0.411. The van der Waals surface area contributed by atoms with Crippen LogP contribution < -0.4 is 4.98 Å². The minimum absolute atomic E-state index is 0. The number of hydrogen-bond acceptors (Lipinski definition) is 5. The third-order valence-corrected chi connectivity index (χ3v) is 3.54. The van der Waals surface area contributed by atoms with Crippen LogP contribution in [-0.2, 0) is 21.1 Å². The second-order valence-electron chi connectivity index (χ2n) is 5.45. The van der Waals surface area contributed by atoms with E-state index in [1.165, 1.54) is 19.2 Å². The molecule has 0 saturated carbocycles. The van der Waals surface area contributed by atoms with Crippen LogP contribution in [-0.4, -0.2) is 41.2 Å². The van der Waals surface area contributed by atoms with Crippen LogP contribution in [0, 0.1) is 17.7 Å². The Kier molecular flexibility index (Phi) is 13.2. The summed E-state index contributed by atoms with van der Waals surface area (Å²) in [5.74, 6) is 0. The first kappa shape index (κ1) is 25.0. The molecule has 12 heteroatoms. The Morgan fingerprint density at radius 1 is 0.833 bits per heavy atom. The van der Waals surface area contributed by atoms with Crippen molar-refractivity contribution in [2.45, 2.75) is 12.8 Å². The number of nitrogens with zero attached hydrogens (tertiary/aromatic N) is 9. The molecule has 0 bridgehead atoms. The molecule has 10 nitrogen and oxygen atoms in total. The van der Waals surface area contributed by atoms with E-state index < -0.39 is 0 Å². The summed E-state index contributed by atoms with van der Waals surface area (Å²) < 4.78 is 5.38. The van der Waals surface area contributed by atoms with E-state index in [4.69, 9.17) is 10.5 Å². The van der Waals surface area contributed by atoms with Gasteiger partial charge in [0.15, 0.2) is 0 Å². The van der Waals surface area contributed by atoms with Crippen molar-refractivity contribution in [1.29, 1.82) is 0 Å². The van der Waals surface area contributed by atoms with Crippen LogP contribution in [0.15, 0.2) is 86.3 Å². The first-order chi connectivity index (χ1) is 14.4. The van der Waals surface area contributed by atoms with Crippen LogP contribution in [0.1, 0.15) is 12.8 Å². The van der Waals surface area contributed by atoms with E-state index >= 15 is 0 Å². The van der Waals surface area contributed by atoms with Crippen LogP contribution in [0.3, 0.4) is 0 Å². The van der Waals surface area contributed by atoms with Gasteiger partial charge in [0.1, 0.15) is 0 Å². The van der Waals surface area contributed by atoms with Crippen molar-refractivity contribution < 1.29 is 21.1 Å². The summed E-state index contributed by atoms with van der Waals surface area (Å²) in [6, 6.07) is 5.62. The zero-order valence-electron chi connectivity index (χ0n) is 16.1. The molecule has 0 atom stereocenters. The number of aromatic nitrogens is 8. The molecule has 4 heterocycles. The maximum absolute atomic E-state index is 7.25. The van der Waals surface area contributed by atoms with E-state index in [2.05, 4.69) is 50.3 Å². The second-order valence-corrected chi connectivity index (χ2v) is 5.45. The molecule has 153 valence electrons. The van der Waals surface area contributed by atoms with Gasteiger partial charge in [0, 0.05) is 18.6 Å². The summed E-state index contributed by atoms with van der Waals surface area (Å²) in [5.41, 5.74) is 5.75. The molecule has 0 aromatic carbocycles. The van der Waals surface area contributed by atoms with Crippen molar-refractivity contribution in [3.05, 3.63) is 110 Å². The summed E-state index contributed by atoms with van der Waals surface area (Å²) in [6.45, 7) is 0. The Morgan fingerprint density at radius 2 is 1.40 bits per heavy atom. The molecule has 5 rings (SSSR count). The van der Waals surface area contributed by atoms with Gasteiger partial charge in [0.25, 0.3) is 7.12 Å². The van der Waals surface area contributed by atoms with Gasteiger partial charge in [-0.2, -0.15) is 0 Å². The Bertz CT molecular complexity index is 759. The van der Waals surface area contributed by atoms with E-state index in [-0.39, 0.29) is 28.2 Å². The molecule has 0 spiro atoms. The third kappa shape index (κ3) is 8.52. The van der Waals surface area contributed by atoms with Crippen molar-refractivity contribution in [2.75, 3.05) is 0 Å². The first-order valence-corrected chi connectivity index (χ1v) is 8.79. The van der Waals surface area contributed by atoms with Gasteiger partial charge in [-0.05, 0) is 62.5 Å². The second kappa shape index (κ2) is 15.8. The van der Waals surface area contributed by atoms with E-state index in [0.717, 1.165) is 0 Å². The fraction of sp³-hybridized carbons (Fsp3) is 0.111. The van der Waals surface area contributed by atoms with Gasteiger partial charge in [-0.3, -0.25) is 0 Å². The molecule has 0 aliphatic heterocycles. The van der Waals surface area contributed by atoms with Gasteiger partial charge in [-0.1, -0.05) is 30.9 Å². The van der Waals surface area contributed by atoms with Crippen molar-refractivity contribution in [1.82, 2.24) is 39.0 Å². The molecule has 0 N–H and O–H groups in total. The Labute approximate surface area is 189 Å². The molecular formula is C18H20BMoN9O-. The molecule has 0 unspecified atom stereocenters. The smallest absolute Gasteiger partial charge is 0.577 e.